The number of para-hydroxylation sites is 1. The first-order valence-electron chi connectivity index (χ1n) is 10.5. The number of sulfonamides is 1. The number of carbonyl (C=O) groups is 2. The Hall–Kier alpha value is -3.17. The van der Waals surface area contributed by atoms with E-state index in [1.807, 2.05) is 44.2 Å². The molecule has 0 spiro atoms. The van der Waals surface area contributed by atoms with E-state index >= 15 is 0 Å². The molecule has 3 aromatic carbocycles. The van der Waals surface area contributed by atoms with E-state index in [4.69, 9.17) is 0 Å². The van der Waals surface area contributed by atoms with Gasteiger partial charge in [0, 0.05) is 4.47 Å². The van der Waals surface area contributed by atoms with E-state index in [1.165, 1.54) is 0 Å². The van der Waals surface area contributed by atoms with Gasteiger partial charge in [-0.1, -0.05) is 58.4 Å². The number of amides is 2. The second-order valence-corrected chi connectivity index (χ2v) is 10.7. The Morgan fingerprint density at radius 2 is 1.65 bits per heavy atom. The number of aryl methyl sites for hydroxylation is 1. The molecule has 0 aliphatic rings. The number of nitrogens with zero attached hydrogens (tertiary/aromatic N) is 1. The van der Waals surface area contributed by atoms with Gasteiger partial charge in [0.15, 0.2) is 0 Å². The van der Waals surface area contributed by atoms with Gasteiger partial charge in [-0.15, -0.1) is 0 Å². The Bertz CT molecular complexity index is 1300. The molecule has 0 fully saturated rings. The van der Waals surface area contributed by atoms with Crippen molar-refractivity contribution < 1.29 is 18.0 Å². The van der Waals surface area contributed by atoms with Gasteiger partial charge in [-0.2, -0.15) is 0 Å². The lowest BCUT2D eigenvalue weighted by Crippen LogP contribution is -2.38. The molecule has 0 saturated carbocycles. The Labute approximate surface area is 208 Å². The fraction of sp³-hybridized carbons (Fsp3) is 0.200. The summed E-state index contributed by atoms with van der Waals surface area (Å²) in [5, 5.41) is 5.62. The molecule has 34 heavy (non-hydrogen) atoms. The van der Waals surface area contributed by atoms with E-state index in [-0.39, 0.29) is 17.5 Å². The quantitative estimate of drug-likeness (QED) is 0.432. The smallest absolute Gasteiger partial charge is 0.253 e. The minimum absolute atomic E-state index is 0.237. The van der Waals surface area contributed by atoms with Crippen LogP contribution in [-0.4, -0.2) is 33.0 Å². The molecular formula is C25H26BrN3O4S. The predicted octanol–water partition coefficient (Wildman–Crippen LogP) is 4.65. The van der Waals surface area contributed by atoms with Crippen molar-refractivity contribution in [1.82, 2.24) is 5.32 Å². The van der Waals surface area contributed by atoms with Crippen LogP contribution in [0.15, 0.2) is 77.3 Å². The molecule has 0 aliphatic carbocycles. The van der Waals surface area contributed by atoms with Gasteiger partial charge in [0.2, 0.25) is 15.9 Å². The van der Waals surface area contributed by atoms with Gasteiger partial charge >= 0.3 is 0 Å². The maximum atomic E-state index is 12.9. The summed E-state index contributed by atoms with van der Waals surface area (Å²) in [5.74, 6) is -0.918. The number of rotatable bonds is 8. The lowest BCUT2D eigenvalue weighted by atomic mass is 10.1. The molecule has 0 radical (unpaired) electrons. The van der Waals surface area contributed by atoms with Crippen molar-refractivity contribution in [2.75, 3.05) is 22.4 Å². The minimum atomic E-state index is -3.73. The van der Waals surface area contributed by atoms with Crippen LogP contribution in [0.1, 0.15) is 34.5 Å². The Morgan fingerprint density at radius 1 is 1.00 bits per heavy atom. The van der Waals surface area contributed by atoms with Crippen LogP contribution >= 0.6 is 15.9 Å². The van der Waals surface area contributed by atoms with Crippen molar-refractivity contribution in [2.45, 2.75) is 19.9 Å². The zero-order chi connectivity index (χ0) is 24.9. The fourth-order valence-corrected chi connectivity index (χ4v) is 4.49. The van der Waals surface area contributed by atoms with Gasteiger partial charge in [0.1, 0.15) is 6.54 Å². The van der Waals surface area contributed by atoms with Gasteiger partial charge in [-0.05, 0) is 55.3 Å². The van der Waals surface area contributed by atoms with Crippen molar-refractivity contribution in [2.24, 2.45) is 0 Å². The van der Waals surface area contributed by atoms with Crippen LogP contribution < -0.4 is 14.9 Å². The number of nitrogens with one attached hydrogen (secondary N) is 2. The summed E-state index contributed by atoms with van der Waals surface area (Å²) < 4.78 is 26.7. The largest absolute Gasteiger partial charge is 0.345 e. The molecule has 2 amide bonds. The summed E-state index contributed by atoms with van der Waals surface area (Å²) in [5.41, 5.74) is 2.74. The van der Waals surface area contributed by atoms with E-state index in [9.17, 15) is 18.0 Å². The van der Waals surface area contributed by atoms with Crippen molar-refractivity contribution in [1.29, 1.82) is 0 Å². The highest BCUT2D eigenvalue weighted by atomic mass is 79.9. The predicted molar refractivity (Wildman–Crippen MR) is 138 cm³/mol. The second-order valence-electron chi connectivity index (χ2n) is 7.90. The highest BCUT2D eigenvalue weighted by Gasteiger charge is 2.23. The Kier molecular flexibility index (Phi) is 8.11. The number of carbonyl (C=O) groups excluding carboxylic acids is 2. The summed E-state index contributed by atoms with van der Waals surface area (Å²) in [4.78, 5) is 25.8. The summed E-state index contributed by atoms with van der Waals surface area (Å²) in [6.07, 6.45) is 1.05. The van der Waals surface area contributed by atoms with Gasteiger partial charge < -0.3 is 10.6 Å². The van der Waals surface area contributed by atoms with Crippen LogP contribution in [0.3, 0.4) is 0 Å². The number of halogens is 1. The summed E-state index contributed by atoms with van der Waals surface area (Å²) in [7, 11) is -3.73. The van der Waals surface area contributed by atoms with Crippen molar-refractivity contribution in [3.8, 4) is 0 Å². The molecule has 178 valence electrons. The van der Waals surface area contributed by atoms with E-state index < -0.39 is 22.5 Å². The molecule has 9 heteroatoms. The third-order valence-corrected chi connectivity index (χ3v) is 7.24. The Morgan fingerprint density at radius 3 is 2.29 bits per heavy atom. The van der Waals surface area contributed by atoms with Gasteiger partial charge in [-0.3, -0.25) is 13.9 Å². The molecule has 0 heterocycles. The molecule has 2 N–H and O–H groups in total. The standard InChI is InChI=1S/C25H26BrN3O4S/c1-17-15-20(13-14-22(17)26)29(34(3,32)33)16-24(30)28-23-12-8-7-11-21(23)25(31)27-18(2)19-9-5-4-6-10-19/h4-15,18H,16H2,1-3H3,(H,27,31)(H,28,30)/t18-/m1/s1. The molecular weight excluding hydrogens is 518 g/mol. The van der Waals surface area contributed by atoms with E-state index in [1.54, 1.807) is 42.5 Å². The molecule has 0 unspecified atom stereocenters. The van der Waals surface area contributed by atoms with Crippen LogP contribution in [0.25, 0.3) is 0 Å². The van der Waals surface area contributed by atoms with Gasteiger partial charge in [-0.25, -0.2) is 8.42 Å². The highest BCUT2D eigenvalue weighted by molar-refractivity contribution is 9.10. The number of hydrogen-bond donors (Lipinski definition) is 2. The first-order valence-corrected chi connectivity index (χ1v) is 13.2. The van der Waals surface area contributed by atoms with Gasteiger partial charge in [0.25, 0.3) is 5.91 Å². The lowest BCUT2D eigenvalue weighted by molar-refractivity contribution is -0.114. The molecule has 0 aliphatic heterocycles. The fourth-order valence-electron chi connectivity index (χ4n) is 3.39. The SMILES string of the molecule is Cc1cc(N(CC(=O)Nc2ccccc2C(=O)N[C@H](C)c2ccccc2)S(C)(=O)=O)ccc1Br. The first-order chi connectivity index (χ1) is 16.1. The van der Waals surface area contributed by atoms with Crippen molar-refractivity contribution in [3.05, 3.63) is 94.0 Å². The highest BCUT2D eigenvalue weighted by Crippen LogP contribution is 2.25. The van der Waals surface area contributed by atoms with Crippen molar-refractivity contribution >= 4 is 49.1 Å². The molecule has 3 rings (SSSR count). The minimum Gasteiger partial charge on any atom is -0.345 e. The summed E-state index contributed by atoms with van der Waals surface area (Å²) >= 11 is 3.39. The molecule has 0 saturated heterocycles. The van der Waals surface area contributed by atoms with Crippen LogP contribution in [0, 0.1) is 6.92 Å². The maximum Gasteiger partial charge on any atom is 0.253 e. The molecule has 0 aromatic heterocycles. The molecule has 1 atom stereocenters. The molecule has 0 bridgehead atoms. The zero-order valence-corrected chi connectivity index (χ0v) is 21.5. The van der Waals surface area contributed by atoms with Crippen molar-refractivity contribution in [3.63, 3.8) is 0 Å². The zero-order valence-electron chi connectivity index (χ0n) is 19.1. The van der Waals surface area contributed by atoms with E-state index in [0.717, 1.165) is 26.2 Å². The summed E-state index contributed by atoms with van der Waals surface area (Å²) in [6.45, 7) is 3.27. The normalized spacial score (nSPS) is 12.0. The topological polar surface area (TPSA) is 95.6 Å². The third kappa shape index (κ3) is 6.45. The number of hydrogen-bond acceptors (Lipinski definition) is 4. The lowest BCUT2D eigenvalue weighted by Gasteiger charge is -2.23. The van der Waals surface area contributed by atoms with Gasteiger partial charge in [0.05, 0.1) is 29.2 Å². The van der Waals surface area contributed by atoms with E-state index in [0.29, 0.717) is 11.4 Å². The summed E-state index contributed by atoms with van der Waals surface area (Å²) in [6, 6.07) is 20.9. The first kappa shape index (κ1) is 25.5. The Balaban J connectivity index is 1.78. The van der Waals surface area contributed by atoms with Crippen LogP contribution in [-0.2, 0) is 14.8 Å². The second kappa shape index (κ2) is 10.8. The average molecular weight is 544 g/mol. The molecule has 3 aromatic rings. The third-order valence-electron chi connectivity index (χ3n) is 5.21. The maximum absolute atomic E-state index is 12.9. The van der Waals surface area contributed by atoms with Crippen LogP contribution in [0.5, 0.6) is 0 Å². The van der Waals surface area contributed by atoms with Crippen LogP contribution in [0.4, 0.5) is 11.4 Å². The number of anilines is 2. The van der Waals surface area contributed by atoms with E-state index in [2.05, 4.69) is 26.6 Å². The average Bonchev–Trinajstić information content (AvgIpc) is 2.79. The number of benzene rings is 3. The molecule has 7 nitrogen and oxygen atoms in total. The van der Waals surface area contributed by atoms with Crippen LogP contribution in [0.2, 0.25) is 0 Å². The monoisotopic (exact) mass is 543 g/mol.